The summed E-state index contributed by atoms with van der Waals surface area (Å²) < 4.78 is 0. The van der Waals surface area contributed by atoms with E-state index in [2.05, 4.69) is 39.1 Å². The van der Waals surface area contributed by atoms with E-state index in [1.165, 1.54) is 45.1 Å². The topological polar surface area (TPSA) is 32.3 Å². The number of fused-ring (bicyclic) bond motifs is 5. The van der Waals surface area contributed by atoms with Crippen LogP contribution in [0.15, 0.2) is 11.6 Å². The van der Waals surface area contributed by atoms with E-state index < -0.39 is 0 Å². The number of aliphatic hydroxyl groups excluding tert-OH is 1. The van der Waals surface area contributed by atoms with E-state index in [0.29, 0.717) is 16.7 Å². The monoisotopic (exact) mass is 359 g/mol. The molecule has 0 unspecified atom stereocenters. The first kappa shape index (κ1) is 19.0. The van der Waals surface area contributed by atoms with Crippen LogP contribution in [-0.2, 0) is 0 Å². The van der Waals surface area contributed by atoms with Crippen molar-refractivity contribution in [1.29, 1.82) is 0 Å². The molecule has 0 saturated heterocycles. The average Bonchev–Trinajstić information content (AvgIpc) is 2.97. The van der Waals surface area contributed by atoms with Gasteiger partial charge in [-0.1, -0.05) is 39.3 Å². The van der Waals surface area contributed by atoms with E-state index in [4.69, 9.17) is 0 Å². The predicted molar refractivity (Wildman–Crippen MR) is 109 cm³/mol. The van der Waals surface area contributed by atoms with Gasteiger partial charge in [0.15, 0.2) is 0 Å². The van der Waals surface area contributed by atoms with Crippen molar-refractivity contribution in [3.63, 3.8) is 0 Å². The maximum Gasteiger partial charge on any atom is 0.0543 e. The third kappa shape index (κ3) is 2.82. The number of hydrogen-bond donors (Lipinski definition) is 2. The number of rotatable bonds is 4. The second-order valence-electron chi connectivity index (χ2n) is 10.7. The molecule has 4 rings (SSSR count). The van der Waals surface area contributed by atoms with Gasteiger partial charge in [0.05, 0.1) is 6.10 Å². The van der Waals surface area contributed by atoms with Crippen molar-refractivity contribution < 1.29 is 5.11 Å². The summed E-state index contributed by atoms with van der Waals surface area (Å²) in [4.78, 5) is 0. The number of allylic oxidation sites excluding steroid dienone is 2. The highest BCUT2D eigenvalue weighted by atomic mass is 16.3. The third-order valence-corrected chi connectivity index (χ3v) is 9.53. The predicted octanol–water partition coefficient (Wildman–Crippen LogP) is 5.17. The molecule has 2 heteroatoms. The van der Waals surface area contributed by atoms with Crippen LogP contribution < -0.4 is 5.32 Å². The Kier molecular flexibility index (Phi) is 5.06. The Bertz CT molecular complexity index is 556. The van der Waals surface area contributed by atoms with E-state index in [1.807, 2.05) is 5.57 Å². The van der Waals surface area contributed by atoms with Crippen LogP contribution in [-0.4, -0.2) is 24.3 Å². The first-order valence-corrected chi connectivity index (χ1v) is 11.5. The van der Waals surface area contributed by atoms with Crippen LogP contribution in [0.3, 0.4) is 0 Å². The zero-order valence-electron chi connectivity index (χ0n) is 17.6. The highest BCUT2D eigenvalue weighted by molar-refractivity contribution is 5.27. The Labute approximate surface area is 161 Å². The minimum Gasteiger partial charge on any atom is -0.393 e. The lowest BCUT2D eigenvalue weighted by Crippen LogP contribution is -2.50. The summed E-state index contributed by atoms with van der Waals surface area (Å²) in [5.41, 5.74) is 2.83. The summed E-state index contributed by atoms with van der Waals surface area (Å²) >= 11 is 0. The van der Waals surface area contributed by atoms with Crippen LogP contribution in [0.25, 0.3) is 0 Å². The molecule has 3 saturated carbocycles. The van der Waals surface area contributed by atoms with Crippen molar-refractivity contribution in [3.8, 4) is 0 Å². The zero-order valence-corrected chi connectivity index (χ0v) is 17.6. The largest absolute Gasteiger partial charge is 0.393 e. The molecule has 3 fully saturated rings. The van der Waals surface area contributed by atoms with Gasteiger partial charge < -0.3 is 10.4 Å². The van der Waals surface area contributed by atoms with Gasteiger partial charge in [0.25, 0.3) is 0 Å². The van der Waals surface area contributed by atoms with Crippen LogP contribution in [0.5, 0.6) is 0 Å². The fourth-order valence-corrected chi connectivity index (χ4v) is 7.98. The molecule has 2 N–H and O–H groups in total. The molecule has 148 valence electrons. The molecule has 0 aromatic heterocycles. The summed E-state index contributed by atoms with van der Waals surface area (Å²) in [6.45, 7) is 12.2. The van der Waals surface area contributed by atoms with Gasteiger partial charge in [-0.2, -0.15) is 0 Å². The van der Waals surface area contributed by atoms with Crippen LogP contribution in [0.4, 0.5) is 0 Å². The van der Waals surface area contributed by atoms with E-state index in [9.17, 15) is 5.11 Å². The van der Waals surface area contributed by atoms with Gasteiger partial charge in [-0.15, -0.1) is 0 Å². The van der Waals surface area contributed by atoms with Crippen molar-refractivity contribution in [3.05, 3.63) is 11.6 Å². The first-order valence-electron chi connectivity index (χ1n) is 11.5. The molecule has 0 heterocycles. The second-order valence-corrected chi connectivity index (χ2v) is 10.7. The Morgan fingerprint density at radius 2 is 1.85 bits per heavy atom. The molecule has 0 spiro atoms. The molecule has 0 bridgehead atoms. The van der Waals surface area contributed by atoms with Gasteiger partial charge >= 0.3 is 0 Å². The molecule has 26 heavy (non-hydrogen) atoms. The molecule has 4 aliphatic rings. The minimum absolute atomic E-state index is 0.0420. The van der Waals surface area contributed by atoms with E-state index in [0.717, 1.165) is 43.1 Å². The van der Waals surface area contributed by atoms with Crippen molar-refractivity contribution in [1.82, 2.24) is 5.32 Å². The Balaban J connectivity index is 1.57. The first-order chi connectivity index (χ1) is 12.4. The Morgan fingerprint density at radius 3 is 2.62 bits per heavy atom. The van der Waals surface area contributed by atoms with Gasteiger partial charge in [0.1, 0.15) is 0 Å². The molecule has 0 aromatic rings. The molecule has 2 nitrogen and oxygen atoms in total. The lowest BCUT2D eigenvalue weighted by Gasteiger charge is -2.57. The lowest BCUT2D eigenvalue weighted by molar-refractivity contribution is -0.0424. The zero-order chi connectivity index (χ0) is 18.5. The molecule has 0 aromatic carbocycles. The van der Waals surface area contributed by atoms with Crippen molar-refractivity contribution in [2.45, 2.75) is 85.2 Å². The van der Waals surface area contributed by atoms with Crippen LogP contribution in [0.2, 0.25) is 0 Å². The van der Waals surface area contributed by atoms with Crippen molar-refractivity contribution >= 4 is 0 Å². The normalized spacial score (nSPS) is 49.0. The summed E-state index contributed by atoms with van der Waals surface area (Å²) in [6.07, 6.45) is 12.8. The highest BCUT2D eigenvalue weighted by Gasteiger charge is 2.58. The number of hydrogen-bond acceptors (Lipinski definition) is 2. The van der Waals surface area contributed by atoms with Crippen molar-refractivity contribution in [2.24, 2.45) is 40.4 Å². The molecular weight excluding hydrogens is 318 g/mol. The van der Waals surface area contributed by atoms with Crippen LogP contribution >= 0.6 is 0 Å². The van der Waals surface area contributed by atoms with Gasteiger partial charge in [0.2, 0.25) is 0 Å². The highest BCUT2D eigenvalue weighted by Crippen LogP contribution is 2.66. The van der Waals surface area contributed by atoms with E-state index >= 15 is 0 Å². The number of nitrogens with one attached hydrogen (secondary N) is 1. The van der Waals surface area contributed by atoms with E-state index in [-0.39, 0.29) is 6.10 Å². The standard InChI is InChI=1S/C24H41NO/c1-5-25-15-16(2)20-8-9-21-19-7-6-17-14-18(26)10-12-23(17,3)22(19)11-13-24(20,21)4/h7,16-18,20-22,25-26H,5-6,8-15H2,1-4H3/t16-,17+,18+,20-,21+,22+,23+,24-/m1/s1. The van der Waals surface area contributed by atoms with Crippen LogP contribution in [0.1, 0.15) is 79.1 Å². The molecule has 0 aliphatic heterocycles. The lowest BCUT2D eigenvalue weighted by atomic mass is 9.47. The van der Waals surface area contributed by atoms with E-state index in [1.54, 1.807) is 0 Å². The number of aliphatic hydroxyl groups is 1. The second kappa shape index (κ2) is 6.92. The molecule has 0 amide bonds. The fraction of sp³-hybridized carbons (Fsp3) is 0.917. The summed E-state index contributed by atoms with van der Waals surface area (Å²) in [5.74, 6) is 4.02. The average molecular weight is 360 g/mol. The molecule has 4 aliphatic carbocycles. The Morgan fingerprint density at radius 1 is 1.12 bits per heavy atom. The quantitative estimate of drug-likeness (QED) is 0.679. The van der Waals surface area contributed by atoms with Gasteiger partial charge in [-0.25, -0.2) is 0 Å². The van der Waals surface area contributed by atoms with Gasteiger partial charge in [-0.05, 0) is 105 Å². The molecular formula is C24H41NO. The maximum absolute atomic E-state index is 10.2. The maximum atomic E-state index is 10.2. The van der Waals surface area contributed by atoms with Gasteiger partial charge in [0, 0.05) is 0 Å². The minimum atomic E-state index is -0.0420. The Hall–Kier alpha value is -0.340. The smallest absolute Gasteiger partial charge is 0.0543 e. The van der Waals surface area contributed by atoms with Gasteiger partial charge in [-0.3, -0.25) is 0 Å². The molecule has 8 atom stereocenters. The summed E-state index contributed by atoms with van der Waals surface area (Å²) in [5, 5.41) is 13.8. The third-order valence-electron chi connectivity index (χ3n) is 9.53. The summed E-state index contributed by atoms with van der Waals surface area (Å²) in [7, 11) is 0. The van der Waals surface area contributed by atoms with Crippen molar-refractivity contribution in [2.75, 3.05) is 13.1 Å². The fourth-order valence-electron chi connectivity index (χ4n) is 7.98. The molecule has 0 radical (unpaired) electrons. The van der Waals surface area contributed by atoms with Crippen LogP contribution in [0, 0.1) is 40.4 Å². The SMILES string of the molecule is CCNC[C@@H](C)[C@H]1CC[C@H]2C3=CC[C@H]4C[C@@H](O)CC[C@]4(C)[C@H]3CC[C@]12C. The summed E-state index contributed by atoms with van der Waals surface area (Å²) in [6, 6.07) is 0.